The van der Waals surface area contributed by atoms with Crippen LogP contribution in [0, 0.1) is 6.92 Å². The van der Waals surface area contributed by atoms with E-state index >= 15 is 0 Å². The molecule has 2 rings (SSSR count). The molecular formula is C16H22N4OS. The van der Waals surface area contributed by atoms with Crippen LogP contribution >= 0.6 is 11.8 Å². The molecule has 0 spiro atoms. The fraction of sp³-hybridized carbons (Fsp3) is 0.438. The summed E-state index contributed by atoms with van der Waals surface area (Å²) in [6.07, 6.45) is 0. The van der Waals surface area contributed by atoms with Gasteiger partial charge in [0.1, 0.15) is 0 Å². The van der Waals surface area contributed by atoms with E-state index in [-0.39, 0.29) is 17.2 Å². The van der Waals surface area contributed by atoms with E-state index in [0.717, 1.165) is 22.1 Å². The number of aryl methyl sites for hydroxylation is 1. The molecule has 1 amide bonds. The Kier molecular flexibility index (Phi) is 5.24. The number of aromatic nitrogens is 3. The lowest BCUT2D eigenvalue weighted by atomic mass is 10.1. The number of amides is 1. The molecule has 5 nitrogen and oxygen atoms in total. The molecule has 2 aromatic rings. The Morgan fingerprint density at radius 1 is 1.23 bits per heavy atom. The predicted octanol–water partition coefficient (Wildman–Crippen LogP) is 2.80. The van der Waals surface area contributed by atoms with Crippen LogP contribution in [0.1, 0.15) is 26.3 Å². The summed E-state index contributed by atoms with van der Waals surface area (Å²) in [6, 6.07) is 8.21. The Morgan fingerprint density at radius 2 is 1.91 bits per heavy atom. The monoisotopic (exact) mass is 318 g/mol. The number of hydrogen-bond acceptors (Lipinski definition) is 4. The minimum Gasteiger partial charge on any atom is -0.353 e. The molecule has 0 radical (unpaired) electrons. The second-order valence-electron chi connectivity index (χ2n) is 5.60. The van der Waals surface area contributed by atoms with Crippen LogP contribution in [0.25, 0.3) is 11.4 Å². The fourth-order valence-corrected chi connectivity index (χ4v) is 2.91. The van der Waals surface area contributed by atoms with Gasteiger partial charge in [0.25, 0.3) is 0 Å². The highest BCUT2D eigenvalue weighted by Gasteiger charge is 2.20. The molecule has 0 bridgehead atoms. The van der Waals surface area contributed by atoms with E-state index in [0.29, 0.717) is 0 Å². The van der Waals surface area contributed by atoms with Gasteiger partial charge in [-0.05, 0) is 33.3 Å². The summed E-state index contributed by atoms with van der Waals surface area (Å²) in [4.78, 5) is 12.0. The van der Waals surface area contributed by atoms with E-state index in [4.69, 9.17) is 0 Å². The van der Waals surface area contributed by atoms with Crippen LogP contribution < -0.4 is 5.32 Å². The van der Waals surface area contributed by atoms with Gasteiger partial charge in [-0.2, -0.15) is 0 Å². The minimum absolute atomic E-state index is 0.0143. The van der Waals surface area contributed by atoms with Gasteiger partial charge in [0.05, 0.1) is 5.25 Å². The van der Waals surface area contributed by atoms with E-state index in [9.17, 15) is 4.79 Å². The number of benzene rings is 1. The Bertz CT molecular complexity index is 666. The molecule has 1 aromatic heterocycles. The number of nitrogens with zero attached hydrogens (tertiary/aromatic N) is 3. The Labute approximate surface area is 135 Å². The molecule has 22 heavy (non-hydrogen) atoms. The maximum Gasteiger partial charge on any atom is 0.233 e. The highest BCUT2D eigenvalue weighted by atomic mass is 32.2. The quantitative estimate of drug-likeness (QED) is 0.861. The Morgan fingerprint density at radius 3 is 2.55 bits per heavy atom. The van der Waals surface area contributed by atoms with Gasteiger partial charge < -0.3 is 9.88 Å². The van der Waals surface area contributed by atoms with Crippen molar-refractivity contribution in [1.82, 2.24) is 20.1 Å². The second-order valence-corrected chi connectivity index (χ2v) is 6.91. The number of carbonyl (C=O) groups is 1. The third-order valence-electron chi connectivity index (χ3n) is 3.30. The minimum atomic E-state index is -0.213. The van der Waals surface area contributed by atoms with Crippen LogP contribution in [0.3, 0.4) is 0 Å². The third kappa shape index (κ3) is 3.68. The highest BCUT2D eigenvalue weighted by Crippen LogP contribution is 2.27. The maximum absolute atomic E-state index is 12.0. The topological polar surface area (TPSA) is 59.8 Å². The van der Waals surface area contributed by atoms with Crippen LogP contribution in [0.15, 0.2) is 29.4 Å². The van der Waals surface area contributed by atoms with Crippen LogP contribution in [-0.2, 0) is 11.8 Å². The molecule has 0 fully saturated rings. The van der Waals surface area contributed by atoms with Crippen molar-refractivity contribution in [3.63, 3.8) is 0 Å². The van der Waals surface area contributed by atoms with Crippen LogP contribution in [-0.4, -0.2) is 32.0 Å². The van der Waals surface area contributed by atoms with Gasteiger partial charge in [-0.1, -0.05) is 36.0 Å². The summed E-state index contributed by atoms with van der Waals surface area (Å²) in [5.74, 6) is 0.831. The molecule has 0 saturated carbocycles. The average Bonchev–Trinajstić information content (AvgIpc) is 2.80. The SMILES string of the molecule is Cc1ccccc1-c1nnc(S[C@@H](C)C(=O)NC(C)C)n1C. The zero-order valence-electron chi connectivity index (χ0n) is 13.6. The standard InChI is InChI=1S/C16H22N4OS/c1-10(2)17-15(21)12(4)22-16-19-18-14(20(16)5)13-9-7-6-8-11(13)3/h6-10,12H,1-5H3,(H,17,21)/t12-/m0/s1. The van der Waals surface area contributed by atoms with Crippen molar-refractivity contribution in [1.29, 1.82) is 0 Å². The Balaban J connectivity index is 2.18. The molecule has 0 aliphatic heterocycles. The van der Waals surface area contributed by atoms with E-state index in [1.54, 1.807) is 0 Å². The van der Waals surface area contributed by atoms with E-state index < -0.39 is 0 Å². The predicted molar refractivity (Wildman–Crippen MR) is 89.8 cm³/mol. The second kappa shape index (κ2) is 6.96. The Hall–Kier alpha value is -1.82. The molecule has 0 aliphatic rings. The van der Waals surface area contributed by atoms with Gasteiger partial charge >= 0.3 is 0 Å². The lowest BCUT2D eigenvalue weighted by Gasteiger charge is -2.13. The third-order valence-corrected chi connectivity index (χ3v) is 4.44. The van der Waals surface area contributed by atoms with Gasteiger partial charge in [-0.3, -0.25) is 4.79 Å². The van der Waals surface area contributed by atoms with E-state index in [1.165, 1.54) is 11.8 Å². The summed E-state index contributed by atoms with van der Waals surface area (Å²) in [7, 11) is 1.93. The maximum atomic E-state index is 12.0. The van der Waals surface area contributed by atoms with Crippen molar-refractivity contribution >= 4 is 17.7 Å². The molecule has 0 saturated heterocycles. The molecule has 0 aliphatic carbocycles. The first kappa shape index (κ1) is 16.5. The molecule has 1 atom stereocenters. The van der Waals surface area contributed by atoms with Crippen molar-refractivity contribution in [2.45, 2.75) is 44.1 Å². The van der Waals surface area contributed by atoms with Gasteiger partial charge in [0.2, 0.25) is 5.91 Å². The largest absolute Gasteiger partial charge is 0.353 e. The molecule has 118 valence electrons. The summed E-state index contributed by atoms with van der Waals surface area (Å²) in [5.41, 5.74) is 2.21. The normalized spacial score (nSPS) is 12.5. The summed E-state index contributed by atoms with van der Waals surface area (Å²) >= 11 is 1.42. The number of rotatable bonds is 5. The zero-order chi connectivity index (χ0) is 16.3. The van der Waals surface area contributed by atoms with Gasteiger partial charge in [0.15, 0.2) is 11.0 Å². The number of carbonyl (C=O) groups excluding carboxylic acids is 1. The van der Waals surface area contributed by atoms with E-state index in [1.807, 2.05) is 50.6 Å². The number of nitrogens with one attached hydrogen (secondary N) is 1. The molecule has 1 N–H and O–H groups in total. The average molecular weight is 318 g/mol. The summed E-state index contributed by atoms with van der Waals surface area (Å²) in [5, 5.41) is 12.0. The summed E-state index contributed by atoms with van der Waals surface area (Å²) in [6.45, 7) is 7.84. The first-order valence-corrected chi connectivity index (χ1v) is 8.20. The van der Waals surface area contributed by atoms with Crippen molar-refractivity contribution in [2.24, 2.45) is 7.05 Å². The van der Waals surface area contributed by atoms with Gasteiger partial charge in [-0.25, -0.2) is 0 Å². The van der Waals surface area contributed by atoms with Crippen molar-refractivity contribution < 1.29 is 4.79 Å². The number of hydrogen-bond donors (Lipinski definition) is 1. The molecule has 1 heterocycles. The first-order chi connectivity index (χ1) is 10.4. The summed E-state index contributed by atoms with van der Waals surface area (Å²) < 4.78 is 1.94. The molecule has 6 heteroatoms. The number of thioether (sulfide) groups is 1. The van der Waals surface area contributed by atoms with Gasteiger partial charge in [-0.15, -0.1) is 10.2 Å². The fourth-order valence-electron chi connectivity index (χ4n) is 2.09. The molecular weight excluding hydrogens is 296 g/mol. The van der Waals surface area contributed by atoms with Gasteiger partial charge in [0, 0.05) is 18.7 Å². The lowest BCUT2D eigenvalue weighted by molar-refractivity contribution is -0.120. The van der Waals surface area contributed by atoms with Crippen molar-refractivity contribution in [2.75, 3.05) is 0 Å². The van der Waals surface area contributed by atoms with Crippen LogP contribution in [0.5, 0.6) is 0 Å². The highest BCUT2D eigenvalue weighted by molar-refractivity contribution is 8.00. The van der Waals surface area contributed by atoms with Crippen molar-refractivity contribution in [3.05, 3.63) is 29.8 Å². The van der Waals surface area contributed by atoms with Crippen LogP contribution in [0.4, 0.5) is 0 Å². The smallest absolute Gasteiger partial charge is 0.233 e. The lowest BCUT2D eigenvalue weighted by Crippen LogP contribution is -2.36. The molecule has 0 unspecified atom stereocenters. The van der Waals surface area contributed by atoms with E-state index in [2.05, 4.69) is 28.5 Å². The zero-order valence-corrected chi connectivity index (χ0v) is 14.4. The van der Waals surface area contributed by atoms with Crippen LogP contribution in [0.2, 0.25) is 0 Å². The first-order valence-electron chi connectivity index (χ1n) is 7.32. The molecule has 1 aromatic carbocycles. The van der Waals surface area contributed by atoms with Crippen molar-refractivity contribution in [3.8, 4) is 11.4 Å².